The molecule has 116 valence electrons. The van der Waals surface area contributed by atoms with E-state index in [1.165, 1.54) is 32.1 Å². The Hall–Kier alpha value is 0. The van der Waals surface area contributed by atoms with Gasteiger partial charge in [-0.2, -0.15) is 0 Å². The highest BCUT2D eigenvalue weighted by atomic mass is 14.4. The first-order valence-corrected chi connectivity index (χ1v) is 9.81. The molecular weight excluding hydrogens is 240 g/mol. The molecule has 3 fully saturated rings. The molecule has 0 aromatic rings. The van der Waals surface area contributed by atoms with Crippen LogP contribution in [-0.4, -0.2) is 0 Å². The highest BCUT2D eigenvalue weighted by molar-refractivity contribution is 4.82. The van der Waals surface area contributed by atoms with Gasteiger partial charge in [-0.25, -0.2) is 0 Å². The molecule has 3 aliphatic rings. The van der Waals surface area contributed by atoms with Gasteiger partial charge in [-0.15, -0.1) is 0 Å². The number of hydrogen-bond donors (Lipinski definition) is 0. The molecule has 3 rings (SSSR count). The molecule has 0 unspecified atom stereocenters. The molecular formula is C20H36. The van der Waals surface area contributed by atoms with E-state index in [0.29, 0.717) is 0 Å². The fourth-order valence-electron chi connectivity index (χ4n) is 5.55. The van der Waals surface area contributed by atoms with Crippen LogP contribution in [0, 0.1) is 29.6 Å². The lowest BCUT2D eigenvalue weighted by molar-refractivity contribution is 0.136. The maximum absolute atomic E-state index is 2.46. The normalized spacial score (nSPS) is 40.6. The molecule has 0 amide bonds. The molecule has 3 saturated carbocycles. The van der Waals surface area contributed by atoms with E-state index in [1.807, 2.05) is 0 Å². The predicted molar refractivity (Wildman–Crippen MR) is 87.8 cm³/mol. The fourth-order valence-corrected chi connectivity index (χ4v) is 5.55. The van der Waals surface area contributed by atoms with Gasteiger partial charge in [-0.1, -0.05) is 64.7 Å². The largest absolute Gasteiger partial charge is 0.0625 e. The highest BCUT2D eigenvalue weighted by Crippen LogP contribution is 2.43. The van der Waals surface area contributed by atoms with Crippen LogP contribution in [0.2, 0.25) is 0 Å². The van der Waals surface area contributed by atoms with Crippen LogP contribution < -0.4 is 0 Å². The summed E-state index contributed by atoms with van der Waals surface area (Å²) in [5, 5.41) is 0. The van der Waals surface area contributed by atoms with Crippen molar-refractivity contribution >= 4 is 0 Å². The van der Waals surface area contributed by atoms with Gasteiger partial charge in [0.1, 0.15) is 0 Å². The Balaban J connectivity index is 1.38. The Kier molecular flexibility index (Phi) is 5.46. The lowest BCUT2D eigenvalue weighted by Crippen LogP contribution is -2.26. The van der Waals surface area contributed by atoms with E-state index in [-0.39, 0.29) is 0 Å². The molecule has 3 aliphatic carbocycles. The first kappa shape index (κ1) is 14.9. The Morgan fingerprint density at radius 3 is 1.65 bits per heavy atom. The van der Waals surface area contributed by atoms with Gasteiger partial charge in [0.25, 0.3) is 0 Å². The van der Waals surface area contributed by atoms with Gasteiger partial charge in [-0.3, -0.25) is 0 Å². The molecule has 0 N–H and O–H groups in total. The van der Waals surface area contributed by atoms with Crippen LogP contribution in [0.3, 0.4) is 0 Å². The van der Waals surface area contributed by atoms with Crippen molar-refractivity contribution in [3.05, 3.63) is 0 Å². The second-order valence-corrected chi connectivity index (χ2v) is 8.54. The number of rotatable bonds is 3. The average molecular weight is 277 g/mol. The van der Waals surface area contributed by atoms with Crippen molar-refractivity contribution in [3.8, 4) is 0 Å². The summed E-state index contributed by atoms with van der Waals surface area (Å²) in [5.41, 5.74) is 0. The van der Waals surface area contributed by atoms with E-state index in [1.54, 1.807) is 57.8 Å². The van der Waals surface area contributed by atoms with E-state index in [4.69, 9.17) is 0 Å². The van der Waals surface area contributed by atoms with Gasteiger partial charge in [0.2, 0.25) is 0 Å². The van der Waals surface area contributed by atoms with Gasteiger partial charge in [0, 0.05) is 0 Å². The lowest BCUT2D eigenvalue weighted by atomic mass is 9.68. The second kappa shape index (κ2) is 7.32. The molecule has 20 heavy (non-hydrogen) atoms. The van der Waals surface area contributed by atoms with Crippen LogP contribution in [0.15, 0.2) is 0 Å². The molecule has 0 heteroatoms. The summed E-state index contributed by atoms with van der Waals surface area (Å²) < 4.78 is 0. The minimum absolute atomic E-state index is 1.02. The van der Waals surface area contributed by atoms with Gasteiger partial charge in [-0.05, 0) is 61.7 Å². The molecule has 0 bridgehead atoms. The van der Waals surface area contributed by atoms with Crippen LogP contribution in [0.25, 0.3) is 0 Å². The van der Waals surface area contributed by atoms with E-state index >= 15 is 0 Å². The van der Waals surface area contributed by atoms with Crippen LogP contribution in [0.4, 0.5) is 0 Å². The van der Waals surface area contributed by atoms with E-state index in [0.717, 1.165) is 29.6 Å². The molecule has 0 spiro atoms. The SMILES string of the molecule is CC1CCC(C2CCC(CC3CCCCC3)CC2)CC1. The van der Waals surface area contributed by atoms with Crippen molar-refractivity contribution < 1.29 is 0 Å². The van der Waals surface area contributed by atoms with Crippen molar-refractivity contribution in [3.63, 3.8) is 0 Å². The molecule has 0 aromatic heterocycles. The summed E-state index contributed by atoms with van der Waals surface area (Å²) in [6.45, 7) is 2.46. The van der Waals surface area contributed by atoms with E-state index in [9.17, 15) is 0 Å². The summed E-state index contributed by atoms with van der Waals surface area (Å²) in [6.07, 6.45) is 21.7. The first-order valence-electron chi connectivity index (χ1n) is 9.81. The Morgan fingerprint density at radius 1 is 0.550 bits per heavy atom. The summed E-state index contributed by atoms with van der Waals surface area (Å²) in [4.78, 5) is 0. The first-order chi connectivity index (χ1) is 9.81. The average Bonchev–Trinajstić information content (AvgIpc) is 2.50. The number of hydrogen-bond acceptors (Lipinski definition) is 0. The van der Waals surface area contributed by atoms with Crippen molar-refractivity contribution in [1.29, 1.82) is 0 Å². The standard InChI is InChI=1S/C20H36/c1-16-7-11-19(12-8-16)20-13-9-18(10-14-20)15-17-5-3-2-4-6-17/h16-20H,2-15H2,1H3. The maximum Gasteiger partial charge on any atom is -0.0386 e. The van der Waals surface area contributed by atoms with Crippen LogP contribution in [0.1, 0.15) is 96.8 Å². The zero-order valence-corrected chi connectivity index (χ0v) is 13.8. The van der Waals surface area contributed by atoms with E-state index in [2.05, 4.69) is 6.92 Å². The third-order valence-corrected chi connectivity index (χ3v) is 7.01. The summed E-state index contributed by atoms with van der Waals surface area (Å²) >= 11 is 0. The summed E-state index contributed by atoms with van der Waals surface area (Å²) in [6, 6.07) is 0. The zero-order valence-electron chi connectivity index (χ0n) is 13.8. The zero-order chi connectivity index (χ0) is 13.8. The smallest absolute Gasteiger partial charge is 0.0386 e. The molecule has 0 atom stereocenters. The Labute approximate surface area is 127 Å². The summed E-state index contributed by atoms with van der Waals surface area (Å²) in [7, 11) is 0. The van der Waals surface area contributed by atoms with E-state index < -0.39 is 0 Å². The topological polar surface area (TPSA) is 0 Å². The monoisotopic (exact) mass is 276 g/mol. The van der Waals surface area contributed by atoms with Crippen LogP contribution in [0.5, 0.6) is 0 Å². The predicted octanol–water partition coefficient (Wildman–Crippen LogP) is 6.59. The Morgan fingerprint density at radius 2 is 1.05 bits per heavy atom. The quantitative estimate of drug-likeness (QED) is 0.545. The van der Waals surface area contributed by atoms with Gasteiger partial charge in [0.15, 0.2) is 0 Å². The van der Waals surface area contributed by atoms with Gasteiger partial charge in [0.05, 0.1) is 0 Å². The van der Waals surface area contributed by atoms with Crippen molar-refractivity contribution in [1.82, 2.24) is 0 Å². The molecule has 0 heterocycles. The third kappa shape index (κ3) is 4.01. The van der Waals surface area contributed by atoms with Crippen LogP contribution in [-0.2, 0) is 0 Å². The minimum Gasteiger partial charge on any atom is -0.0625 e. The second-order valence-electron chi connectivity index (χ2n) is 8.54. The van der Waals surface area contributed by atoms with Gasteiger partial charge >= 0.3 is 0 Å². The van der Waals surface area contributed by atoms with Crippen molar-refractivity contribution in [2.24, 2.45) is 29.6 Å². The molecule has 0 saturated heterocycles. The minimum atomic E-state index is 1.02. The molecule has 0 nitrogen and oxygen atoms in total. The van der Waals surface area contributed by atoms with Crippen molar-refractivity contribution in [2.75, 3.05) is 0 Å². The third-order valence-electron chi connectivity index (χ3n) is 7.01. The Bertz CT molecular complexity index is 260. The molecule has 0 radical (unpaired) electrons. The fraction of sp³-hybridized carbons (Fsp3) is 1.00. The van der Waals surface area contributed by atoms with Crippen molar-refractivity contribution in [2.45, 2.75) is 96.8 Å². The molecule has 0 aromatic carbocycles. The highest BCUT2D eigenvalue weighted by Gasteiger charge is 2.30. The molecule has 0 aliphatic heterocycles. The summed E-state index contributed by atoms with van der Waals surface area (Å²) in [5.74, 6) is 5.47. The lowest BCUT2D eigenvalue weighted by Gasteiger charge is -2.38. The maximum atomic E-state index is 2.46. The van der Waals surface area contributed by atoms with Crippen LogP contribution >= 0.6 is 0 Å². The van der Waals surface area contributed by atoms with Gasteiger partial charge < -0.3 is 0 Å².